The molecule has 1 heterocycles. The summed E-state index contributed by atoms with van der Waals surface area (Å²) in [5.74, 6) is 0.534. The van der Waals surface area contributed by atoms with E-state index in [1.807, 2.05) is 12.1 Å². The van der Waals surface area contributed by atoms with Crippen LogP contribution in [0.4, 0.5) is 16.2 Å². The van der Waals surface area contributed by atoms with Gasteiger partial charge in [-0.15, -0.1) is 11.6 Å². The topological polar surface area (TPSA) is 79.5 Å². The third-order valence-electron chi connectivity index (χ3n) is 2.19. The number of nitrogens with zero attached hydrogens (tertiary/aromatic N) is 1. The van der Waals surface area contributed by atoms with Crippen LogP contribution in [-0.4, -0.2) is 17.7 Å². The van der Waals surface area contributed by atoms with Gasteiger partial charge in [0.1, 0.15) is 5.84 Å². The maximum absolute atomic E-state index is 11.1. The number of halogens is 1. The van der Waals surface area contributed by atoms with E-state index in [0.29, 0.717) is 18.1 Å². The Morgan fingerprint density at radius 1 is 1.56 bits per heavy atom. The number of nitrogens with two attached hydrogens (primary N) is 1. The second kappa shape index (κ2) is 4.40. The summed E-state index contributed by atoms with van der Waals surface area (Å²) in [6.07, 6.45) is 0. The Morgan fingerprint density at radius 3 is 3.12 bits per heavy atom. The van der Waals surface area contributed by atoms with Crippen molar-refractivity contribution < 1.29 is 4.79 Å². The van der Waals surface area contributed by atoms with Gasteiger partial charge < -0.3 is 16.4 Å². The summed E-state index contributed by atoms with van der Waals surface area (Å²) in [6.45, 7) is 0.524. The van der Waals surface area contributed by atoms with Crippen LogP contribution < -0.4 is 16.4 Å². The first kappa shape index (κ1) is 10.8. The van der Waals surface area contributed by atoms with E-state index in [-0.39, 0.29) is 11.9 Å². The lowest BCUT2D eigenvalue weighted by atomic mass is 10.1. The number of amidine groups is 1. The quantitative estimate of drug-likeness (QED) is 0.415. The minimum Gasteiger partial charge on any atom is -0.386 e. The Morgan fingerprint density at radius 2 is 2.38 bits per heavy atom. The van der Waals surface area contributed by atoms with Crippen LogP contribution >= 0.6 is 11.6 Å². The zero-order valence-electron chi connectivity index (χ0n) is 8.46. The molecule has 16 heavy (non-hydrogen) atoms. The molecular weight excluding hydrogens is 228 g/mol. The lowest BCUT2D eigenvalue weighted by molar-refractivity contribution is 0.251. The second-order valence-electron chi connectivity index (χ2n) is 3.39. The fraction of sp³-hybridized carbons (Fsp3) is 0.200. The Balaban J connectivity index is 2.31. The van der Waals surface area contributed by atoms with Crippen LogP contribution in [0, 0.1) is 0 Å². The van der Waals surface area contributed by atoms with Gasteiger partial charge >= 0.3 is 6.03 Å². The molecule has 6 heteroatoms. The fourth-order valence-electron chi connectivity index (χ4n) is 1.44. The van der Waals surface area contributed by atoms with Crippen molar-refractivity contribution in [3.63, 3.8) is 0 Å². The van der Waals surface area contributed by atoms with Gasteiger partial charge in [-0.05, 0) is 17.7 Å². The van der Waals surface area contributed by atoms with Crippen LogP contribution in [0.1, 0.15) is 5.56 Å². The molecule has 4 N–H and O–H groups in total. The molecule has 0 aromatic heterocycles. The molecule has 0 saturated heterocycles. The zero-order chi connectivity index (χ0) is 11.5. The maximum Gasteiger partial charge on any atom is 0.319 e. The summed E-state index contributed by atoms with van der Waals surface area (Å²) in [4.78, 5) is 15.2. The normalized spacial score (nSPS) is 15.1. The van der Waals surface area contributed by atoms with Gasteiger partial charge in [0.15, 0.2) is 0 Å². The van der Waals surface area contributed by atoms with Crippen LogP contribution in [0.15, 0.2) is 23.2 Å². The van der Waals surface area contributed by atoms with E-state index in [2.05, 4.69) is 15.6 Å². The van der Waals surface area contributed by atoms with Gasteiger partial charge in [0.25, 0.3) is 0 Å². The molecule has 0 aliphatic carbocycles. The van der Waals surface area contributed by atoms with E-state index in [1.165, 1.54) is 0 Å². The molecule has 84 valence electrons. The van der Waals surface area contributed by atoms with E-state index in [1.54, 1.807) is 6.07 Å². The van der Waals surface area contributed by atoms with Crippen LogP contribution in [-0.2, 0) is 6.54 Å². The summed E-state index contributed by atoms with van der Waals surface area (Å²) < 4.78 is 0. The number of amides is 2. The molecular formula is C10H11ClN4O. The van der Waals surface area contributed by atoms with Gasteiger partial charge in [0.2, 0.25) is 0 Å². The highest BCUT2D eigenvalue weighted by atomic mass is 35.5. The molecule has 0 saturated carbocycles. The Hall–Kier alpha value is -1.75. The molecule has 5 nitrogen and oxygen atoms in total. The average molecular weight is 239 g/mol. The molecule has 2 rings (SSSR count). The van der Waals surface area contributed by atoms with Gasteiger partial charge in [-0.3, -0.25) is 0 Å². The number of fused-ring (bicyclic) bond motifs is 1. The van der Waals surface area contributed by atoms with Crippen molar-refractivity contribution in [1.82, 2.24) is 5.32 Å². The third-order valence-corrected chi connectivity index (χ3v) is 2.46. The monoisotopic (exact) mass is 238 g/mol. The number of urea groups is 1. The molecule has 1 aromatic rings. The highest BCUT2D eigenvalue weighted by Gasteiger charge is 2.13. The van der Waals surface area contributed by atoms with Gasteiger partial charge in [0.05, 0.1) is 11.6 Å². The molecule has 0 atom stereocenters. The predicted octanol–water partition coefficient (Wildman–Crippen LogP) is 1.55. The first-order chi connectivity index (χ1) is 7.69. The molecule has 2 amide bonds. The minimum absolute atomic E-state index is 0.186. The highest BCUT2D eigenvalue weighted by Crippen LogP contribution is 2.24. The number of hydrogen-bond acceptors (Lipinski definition) is 2. The van der Waals surface area contributed by atoms with E-state index >= 15 is 0 Å². The number of carbonyl (C=O) groups excluding carboxylic acids is 1. The predicted molar refractivity (Wildman–Crippen MR) is 64.3 cm³/mol. The summed E-state index contributed by atoms with van der Waals surface area (Å²) in [5.41, 5.74) is 7.98. The van der Waals surface area contributed by atoms with Crippen molar-refractivity contribution in [3.8, 4) is 0 Å². The van der Waals surface area contributed by atoms with Gasteiger partial charge in [-0.25, -0.2) is 9.79 Å². The van der Waals surface area contributed by atoms with Crippen molar-refractivity contribution in [2.45, 2.75) is 6.54 Å². The molecule has 0 spiro atoms. The van der Waals surface area contributed by atoms with Crippen LogP contribution in [0.2, 0.25) is 0 Å². The molecule has 1 aliphatic rings. The largest absolute Gasteiger partial charge is 0.386 e. The Labute approximate surface area is 97.7 Å². The van der Waals surface area contributed by atoms with Crippen LogP contribution in [0.3, 0.4) is 0 Å². The standard InChI is InChI=1S/C10H11ClN4O/c11-4-9(12)14-7-2-1-6-5-13-10(16)15-8(6)3-7/h1-3H,4-5H2,(H2,12,14)(H2,13,15,16). The molecule has 0 fully saturated rings. The highest BCUT2D eigenvalue weighted by molar-refractivity contribution is 6.28. The first-order valence-electron chi connectivity index (χ1n) is 4.76. The smallest absolute Gasteiger partial charge is 0.319 e. The van der Waals surface area contributed by atoms with Crippen LogP contribution in [0.25, 0.3) is 0 Å². The molecule has 1 aromatic carbocycles. The Kier molecular flexibility index (Phi) is 2.96. The van der Waals surface area contributed by atoms with Crippen molar-refractivity contribution in [3.05, 3.63) is 23.8 Å². The summed E-state index contributed by atoms with van der Waals surface area (Å²) >= 11 is 5.53. The summed E-state index contributed by atoms with van der Waals surface area (Å²) in [5, 5.41) is 5.38. The molecule has 0 unspecified atom stereocenters. The van der Waals surface area contributed by atoms with Gasteiger partial charge in [-0.2, -0.15) is 0 Å². The number of carbonyl (C=O) groups is 1. The van der Waals surface area contributed by atoms with E-state index in [0.717, 1.165) is 11.3 Å². The zero-order valence-corrected chi connectivity index (χ0v) is 9.21. The lowest BCUT2D eigenvalue weighted by Gasteiger charge is -2.18. The maximum atomic E-state index is 11.1. The van der Waals surface area contributed by atoms with Gasteiger partial charge in [-0.1, -0.05) is 6.07 Å². The van der Waals surface area contributed by atoms with E-state index in [4.69, 9.17) is 17.3 Å². The van der Waals surface area contributed by atoms with Crippen molar-refractivity contribution in [1.29, 1.82) is 0 Å². The molecule has 0 radical (unpaired) electrons. The van der Waals surface area contributed by atoms with E-state index in [9.17, 15) is 4.79 Å². The van der Waals surface area contributed by atoms with Crippen molar-refractivity contribution in [2.24, 2.45) is 10.7 Å². The summed E-state index contributed by atoms with van der Waals surface area (Å²) in [6, 6.07) is 5.28. The minimum atomic E-state index is -0.209. The number of rotatable bonds is 2. The number of aliphatic imine (C=N–C) groups is 1. The number of anilines is 1. The number of benzene rings is 1. The van der Waals surface area contributed by atoms with E-state index < -0.39 is 0 Å². The SMILES string of the molecule is NC(CCl)=Nc1ccc2c(c1)NC(=O)NC2. The van der Waals surface area contributed by atoms with Gasteiger partial charge in [0, 0.05) is 12.2 Å². The van der Waals surface area contributed by atoms with Crippen LogP contribution in [0.5, 0.6) is 0 Å². The number of hydrogen-bond donors (Lipinski definition) is 3. The first-order valence-corrected chi connectivity index (χ1v) is 5.29. The average Bonchev–Trinajstić information content (AvgIpc) is 2.28. The second-order valence-corrected chi connectivity index (χ2v) is 3.65. The van der Waals surface area contributed by atoms with Crippen molar-refractivity contribution in [2.75, 3.05) is 11.2 Å². The lowest BCUT2D eigenvalue weighted by Crippen LogP contribution is -2.33. The molecule has 0 bridgehead atoms. The fourth-order valence-corrected chi connectivity index (χ4v) is 1.50. The Bertz CT molecular complexity index is 458. The third kappa shape index (κ3) is 2.25. The summed E-state index contributed by atoms with van der Waals surface area (Å²) in [7, 11) is 0. The van der Waals surface area contributed by atoms with Crippen molar-refractivity contribution >= 4 is 34.8 Å². The number of alkyl halides is 1. The molecule has 1 aliphatic heterocycles. The number of nitrogens with one attached hydrogen (secondary N) is 2.